The first-order valence-electron chi connectivity index (χ1n) is 4.50. The fourth-order valence-corrected chi connectivity index (χ4v) is 1.37. The Bertz CT molecular complexity index is 337. The Morgan fingerprint density at radius 2 is 2.00 bits per heavy atom. The predicted octanol–water partition coefficient (Wildman–Crippen LogP) is 1.46. The number of esters is 1. The summed E-state index contributed by atoms with van der Waals surface area (Å²) >= 11 is -1.82. The van der Waals surface area contributed by atoms with Gasteiger partial charge in [-0.15, -0.1) is 0 Å². The lowest BCUT2D eigenvalue weighted by atomic mass is 10.2. The lowest BCUT2D eigenvalue weighted by Crippen LogP contribution is -2.08. The molecule has 0 aliphatic rings. The number of rotatable bonds is 5. The van der Waals surface area contributed by atoms with Crippen LogP contribution in [0, 0.1) is 0 Å². The molecular weight excluding hydrogens is 216 g/mol. The molecule has 4 nitrogen and oxygen atoms in total. The van der Waals surface area contributed by atoms with Crippen molar-refractivity contribution in [2.75, 3.05) is 12.4 Å². The summed E-state index contributed by atoms with van der Waals surface area (Å²) in [7, 11) is 0. The zero-order valence-corrected chi connectivity index (χ0v) is 8.90. The van der Waals surface area contributed by atoms with E-state index in [1.807, 2.05) is 6.07 Å². The summed E-state index contributed by atoms with van der Waals surface area (Å²) < 4.78 is 23.6. The number of hydrogen-bond acceptors (Lipinski definition) is 3. The van der Waals surface area contributed by atoms with E-state index >= 15 is 0 Å². The molecule has 0 amide bonds. The Kier molecular flexibility index (Phi) is 5.00. The molecule has 82 valence electrons. The SMILES string of the molecule is O=C(OCCCS(=O)O)c1ccccc1. The van der Waals surface area contributed by atoms with E-state index in [-0.39, 0.29) is 12.4 Å². The zero-order chi connectivity index (χ0) is 11.1. The third-order valence-corrected chi connectivity index (χ3v) is 2.34. The molecule has 0 radical (unpaired) electrons. The molecule has 0 spiro atoms. The minimum atomic E-state index is -1.82. The van der Waals surface area contributed by atoms with Gasteiger partial charge < -0.3 is 9.29 Å². The maximum absolute atomic E-state index is 11.3. The van der Waals surface area contributed by atoms with E-state index in [4.69, 9.17) is 9.29 Å². The van der Waals surface area contributed by atoms with Crippen molar-refractivity contribution < 1.29 is 18.3 Å². The standard InChI is InChI=1S/C10H12O4S/c11-10(9-5-2-1-3-6-9)14-7-4-8-15(12)13/h1-3,5-6H,4,7-8H2,(H,12,13). The summed E-state index contributed by atoms with van der Waals surface area (Å²) in [5, 5.41) is 0. The summed E-state index contributed by atoms with van der Waals surface area (Å²) in [5.41, 5.74) is 0.489. The molecule has 0 bridgehead atoms. The minimum absolute atomic E-state index is 0.127. The van der Waals surface area contributed by atoms with Crippen LogP contribution in [-0.2, 0) is 15.8 Å². The third-order valence-electron chi connectivity index (χ3n) is 1.71. The van der Waals surface area contributed by atoms with E-state index in [9.17, 15) is 9.00 Å². The highest BCUT2D eigenvalue weighted by Crippen LogP contribution is 2.01. The molecule has 0 aliphatic heterocycles. The van der Waals surface area contributed by atoms with Crippen LogP contribution in [0.4, 0.5) is 0 Å². The molecule has 0 saturated heterocycles. The topological polar surface area (TPSA) is 63.6 Å². The van der Waals surface area contributed by atoms with Gasteiger partial charge in [0.15, 0.2) is 11.1 Å². The molecule has 5 heteroatoms. The van der Waals surface area contributed by atoms with E-state index < -0.39 is 17.0 Å². The minimum Gasteiger partial charge on any atom is -0.462 e. The Morgan fingerprint density at radius 3 is 2.60 bits per heavy atom. The molecule has 15 heavy (non-hydrogen) atoms. The van der Waals surface area contributed by atoms with Gasteiger partial charge in [0.05, 0.1) is 17.9 Å². The second kappa shape index (κ2) is 6.31. The van der Waals surface area contributed by atoms with E-state index in [1.165, 1.54) is 0 Å². The molecule has 1 N–H and O–H groups in total. The number of carbonyl (C=O) groups excluding carboxylic acids is 1. The number of ether oxygens (including phenoxy) is 1. The second-order valence-corrected chi connectivity index (χ2v) is 3.93. The van der Waals surface area contributed by atoms with Gasteiger partial charge in [-0.2, -0.15) is 0 Å². The van der Waals surface area contributed by atoms with Crippen LogP contribution in [0.3, 0.4) is 0 Å². The van der Waals surface area contributed by atoms with Crippen LogP contribution in [0.15, 0.2) is 30.3 Å². The molecule has 0 aliphatic carbocycles. The van der Waals surface area contributed by atoms with Gasteiger partial charge in [-0.3, -0.25) is 0 Å². The van der Waals surface area contributed by atoms with Gasteiger partial charge in [0.25, 0.3) is 0 Å². The van der Waals surface area contributed by atoms with E-state index in [0.29, 0.717) is 12.0 Å². The predicted molar refractivity (Wildman–Crippen MR) is 57.0 cm³/mol. The van der Waals surface area contributed by atoms with E-state index in [1.54, 1.807) is 24.3 Å². The Morgan fingerprint density at radius 1 is 1.33 bits per heavy atom. The quantitative estimate of drug-likeness (QED) is 0.470. The fourth-order valence-electron chi connectivity index (χ4n) is 1.00. The van der Waals surface area contributed by atoms with Gasteiger partial charge in [0.1, 0.15) is 0 Å². The smallest absolute Gasteiger partial charge is 0.338 e. The number of benzene rings is 1. The highest BCUT2D eigenvalue weighted by atomic mass is 32.2. The number of carbonyl (C=O) groups is 1. The Balaban J connectivity index is 2.28. The maximum atomic E-state index is 11.3. The highest BCUT2D eigenvalue weighted by molar-refractivity contribution is 7.79. The molecule has 0 heterocycles. The van der Waals surface area contributed by atoms with Crippen molar-refractivity contribution in [1.29, 1.82) is 0 Å². The van der Waals surface area contributed by atoms with Crippen molar-refractivity contribution >= 4 is 17.0 Å². The molecule has 1 aromatic carbocycles. The molecule has 1 atom stereocenters. The van der Waals surface area contributed by atoms with Crippen LogP contribution in [0.2, 0.25) is 0 Å². The van der Waals surface area contributed by atoms with Crippen LogP contribution in [0.1, 0.15) is 16.8 Å². The Labute approximate surface area is 90.5 Å². The van der Waals surface area contributed by atoms with Crippen molar-refractivity contribution in [3.8, 4) is 0 Å². The fraction of sp³-hybridized carbons (Fsp3) is 0.300. The summed E-state index contributed by atoms with van der Waals surface area (Å²) in [6, 6.07) is 8.63. The van der Waals surface area contributed by atoms with Crippen molar-refractivity contribution in [3.63, 3.8) is 0 Å². The molecule has 1 rings (SSSR count). The van der Waals surface area contributed by atoms with E-state index in [0.717, 1.165) is 0 Å². The van der Waals surface area contributed by atoms with Crippen LogP contribution in [0.5, 0.6) is 0 Å². The van der Waals surface area contributed by atoms with Gasteiger partial charge in [-0.1, -0.05) is 18.2 Å². The maximum Gasteiger partial charge on any atom is 0.338 e. The molecule has 1 aromatic rings. The van der Waals surface area contributed by atoms with Crippen LogP contribution < -0.4 is 0 Å². The van der Waals surface area contributed by atoms with Crippen molar-refractivity contribution in [2.24, 2.45) is 0 Å². The lowest BCUT2D eigenvalue weighted by Gasteiger charge is -2.03. The Hall–Kier alpha value is -1.20. The average Bonchev–Trinajstić information content (AvgIpc) is 2.25. The summed E-state index contributed by atoms with van der Waals surface area (Å²) in [4.78, 5) is 11.3. The van der Waals surface area contributed by atoms with Crippen LogP contribution in [-0.4, -0.2) is 27.1 Å². The molecular formula is C10H12O4S. The van der Waals surface area contributed by atoms with Gasteiger partial charge in [-0.05, 0) is 18.6 Å². The van der Waals surface area contributed by atoms with Gasteiger partial charge in [-0.25, -0.2) is 9.00 Å². The second-order valence-electron chi connectivity index (χ2n) is 2.88. The normalized spacial score (nSPS) is 12.1. The molecule has 1 unspecified atom stereocenters. The van der Waals surface area contributed by atoms with Gasteiger partial charge in [0.2, 0.25) is 0 Å². The molecule has 0 fully saturated rings. The summed E-state index contributed by atoms with van der Waals surface area (Å²) in [6.07, 6.45) is 0.391. The first-order chi connectivity index (χ1) is 7.20. The highest BCUT2D eigenvalue weighted by Gasteiger charge is 2.05. The third kappa shape index (κ3) is 4.71. The van der Waals surface area contributed by atoms with Crippen molar-refractivity contribution in [1.82, 2.24) is 0 Å². The average molecular weight is 228 g/mol. The lowest BCUT2D eigenvalue weighted by molar-refractivity contribution is 0.0505. The first-order valence-corrected chi connectivity index (χ1v) is 5.77. The van der Waals surface area contributed by atoms with Crippen LogP contribution >= 0.6 is 0 Å². The molecule has 0 aromatic heterocycles. The summed E-state index contributed by atoms with van der Waals surface area (Å²) in [6.45, 7) is 0.167. The van der Waals surface area contributed by atoms with Crippen molar-refractivity contribution in [2.45, 2.75) is 6.42 Å². The summed E-state index contributed by atoms with van der Waals surface area (Å²) in [5.74, 6) is -0.276. The van der Waals surface area contributed by atoms with Gasteiger partial charge >= 0.3 is 5.97 Å². The van der Waals surface area contributed by atoms with Gasteiger partial charge in [0, 0.05) is 0 Å². The van der Waals surface area contributed by atoms with E-state index in [2.05, 4.69) is 0 Å². The zero-order valence-electron chi connectivity index (χ0n) is 8.09. The van der Waals surface area contributed by atoms with Crippen LogP contribution in [0.25, 0.3) is 0 Å². The largest absolute Gasteiger partial charge is 0.462 e. The molecule has 0 saturated carbocycles. The van der Waals surface area contributed by atoms with Crippen molar-refractivity contribution in [3.05, 3.63) is 35.9 Å². The first kappa shape index (κ1) is 11.9. The monoisotopic (exact) mass is 228 g/mol. The number of hydrogen-bond donors (Lipinski definition) is 1.